The normalized spacial score (nSPS) is 10.0. The molecule has 0 unspecified atom stereocenters. The van der Waals surface area contributed by atoms with Gasteiger partial charge in [0.15, 0.2) is 0 Å². The van der Waals surface area contributed by atoms with Crippen LogP contribution in [0.4, 0.5) is 5.69 Å². The average Bonchev–Trinajstić information content (AvgIpc) is 2.65. The van der Waals surface area contributed by atoms with Gasteiger partial charge in [0, 0.05) is 5.69 Å². The maximum Gasteiger partial charge on any atom is 0.259 e. The Morgan fingerprint density at radius 3 is 2.20 bits per heavy atom. The monoisotopic (exact) mass is 342 g/mol. The second kappa shape index (κ2) is 8.73. The van der Waals surface area contributed by atoms with E-state index in [0.29, 0.717) is 11.5 Å². The van der Waals surface area contributed by atoms with E-state index in [1.807, 2.05) is 31.2 Å². The Labute approximate surface area is 147 Å². The van der Waals surface area contributed by atoms with Crippen molar-refractivity contribution < 1.29 is 19.1 Å². The van der Waals surface area contributed by atoms with Gasteiger partial charge in [0.05, 0.1) is 20.8 Å². The molecule has 0 spiro atoms. The number of ether oxygens (including phenoxy) is 2. The van der Waals surface area contributed by atoms with Crippen LogP contribution in [0.3, 0.4) is 0 Å². The molecular formula is C19H22N2O4. The van der Waals surface area contributed by atoms with Crippen molar-refractivity contribution in [3.8, 4) is 11.5 Å². The van der Waals surface area contributed by atoms with Crippen LogP contribution >= 0.6 is 0 Å². The summed E-state index contributed by atoms with van der Waals surface area (Å²) in [6.45, 7) is 1.86. The number of anilines is 1. The van der Waals surface area contributed by atoms with Crippen LogP contribution in [0.5, 0.6) is 11.5 Å². The maximum absolute atomic E-state index is 12.4. The Bertz CT molecular complexity index is 737. The minimum Gasteiger partial charge on any atom is -0.496 e. The first-order valence-electron chi connectivity index (χ1n) is 7.97. The predicted octanol–water partition coefficient (Wildman–Crippen LogP) is 2.63. The first kappa shape index (κ1) is 18.3. The van der Waals surface area contributed by atoms with E-state index in [2.05, 4.69) is 10.6 Å². The molecule has 2 aromatic carbocycles. The highest BCUT2D eigenvalue weighted by Gasteiger charge is 2.18. The fraction of sp³-hybridized carbons (Fsp3) is 0.263. The lowest BCUT2D eigenvalue weighted by molar-refractivity contribution is -0.115. The molecule has 25 heavy (non-hydrogen) atoms. The van der Waals surface area contributed by atoms with Gasteiger partial charge in [-0.05, 0) is 30.2 Å². The van der Waals surface area contributed by atoms with E-state index in [1.54, 1.807) is 18.2 Å². The summed E-state index contributed by atoms with van der Waals surface area (Å²) in [4.78, 5) is 24.6. The van der Waals surface area contributed by atoms with Gasteiger partial charge in [-0.1, -0.05) is 31.2 Å². The Morgan fingerprint density at radius 2 is 1.60 bits per heavy atom. The molecule has 2 amide bonds. The zero-order valence-electron chi connectivity index (χ0n) is 14.6. The van der Waals surface area contributed by atoms with Crippen LogP contribution in [0.25, 0.3) is 0 Å². The van der Waals surface area contributed by atoms with Crippen molar-refractivity contribution in [1.29, 1.82) is 0 Å². The largest absolute Gasteiger partial charge is 0.496 e. The van der Waals surface area contributed by atoms with E-state index >= 15 is 0 Å². The number of carbonyl (C=O) groups excluding carboxylic acids is 2. The molecule has 0 aliphatic heterocycles. The smallest absolute Gasteiger partial charge is 0.259 e. The number of amides is 2. The van der Waals surface area contributed by atoms with Gasteiger partial charge in [-0.2, -0.15) is 0 Å². The molecule has 6 heteroatoms. The van der Waals surface area contributed by atoms with Crippen LogP contribution in [0, 0.1) is 0 Å². The van der Waals surface area contributed by atoms with Crippen molar-refractivity contribution in [1.82, 2.24) is 5.32 Å². The third kappa shape index (κ3) is 4.50. The third-order valence-corrected chi connectivity index (χ3v) is 3.74. The standard InChI is InChI=1S/C19H22N2O4/c1-4-13-8-5-6-9-14(13)21-17(22)12-20-19(23)18-15(24-2)10-7-11-16(18)25-3/h5-11H,4,12H2,1-3H3,(H,20,23)(H,21,22). The van der Waals surface area contributed by atoms with Gasteiger partial charge in [-0.15, -0.1) is 0 Å². The second-order valence-corrected chi connectivity index (χ2v) is 5.28. The Balaban J connectivity index is 2.04. The van der Waals surface area contributed by atoms with Crippen LogP contribution in [0.1, 0.15) is 22.8 Å². The summed E-state index contributed by atoms with van der Waals surface area (Å²) < 4.78 is 10.4. The van der Waals surface area contributed by atoms with E-state index in [9.17, 15) is 9.59 Å². The summed E-state index contributed by atoms with van der Waals surface area (Å²) in [5.41, 5.74) is 2.04. The maximum atomic E-state index is 12.4. The Kier molecular flexibility index (Phi) is 6.39. The number of hydrogen-bond donors (Lipinski definition) is 2. The van der Waals surface area contributed by atoms with Crippen LogP contribution in [-0.4, -0.2) is 32.6 Å². The molecule has 0 aliphatic rings. The molecule has 0 atom stereocenters. The fourth-order valence-corrected chi connectivity index (χ4v) is 2.47. The minimum absolute atomic E-state index is 0.155. The van der Waals surface area contributed by atoms with Crippen molar-refractivity contribution in [3.63, 3.8) is 0 Å². The van der Waals surface area contributed by atoms with Crippen LogP contribution in [0.2, 0.25) is 0 Å². The molecule has 132 valence electrons. The summed E-state index contributed by atoms with van der Waals surface area (Å²) in [6, 6.07) is 12.6. The molecule has 0 aliphatic carbocycles. The van der Waals surface area contributed by atoms with Gasteiger partial charge < -0.3 is 20.1 Å². The zero-order chi connectivity index (χ0) is 18.2. The molecule has 0 fully saturated rings. The highest BCUT2D eigenvalue weighted by Crippen LogP contribution is 2.27. The lowest BCUT2D eigenvalue weighted by Crippen LogP contribution is -2.33. The number of aryl methyl sites for hydroxylation is 1. The topological polar surface area (TPSA) is 76.7 Å². The summed E-state index contributed by atoms with van der Waals surface area (Å²) in [6.07, 6.45) is 0.807. The van der Waals surface area contributed by atoms with Gasteiger partial charge in [0.1, 0.15) is 17.1 Å². The number of benzene rings is 2. The van der Waals surface area contributed by atoms with Crippen LogP contribution in [0.15, 0.2) is 42.5 Å². The summed E-state index contributed by atoms with van der Waals surface area (Å²) >= 11 is 0. The number of carbonyl (C=O) groups is 2. The Hall–Kier alpha value is -3.02. The lowest BCUT2D eigenvalue weighted by atomic mass is 10.1. The minimum atomic E-state index is -0.437. The van der Waals surface area contributed by atoms with E-state index in [1.165, 1.54) is 14.2 Å². The molecule has 0 bridgehead atoms. The predicted molar refractivity (Wildman–Crippen MR) is 96.3 cm³/mol. The Morgan fingerprint density at radius 1 is 0.960 bits per heavy atom. The molecule has 0 saturated carbocycles. The van der Waals surface area contributed by atoms with Gasteiger partial charge in [0.2, 0.25) is 5.91 Å². The van der Waals surface area contributed by atoms with Gasteiger partial charge >= 0.3 is 0 Å². The van der Waals surface area contributed by atoms with Crippen molar-refractivity contribution in [2.45, 2.75) is 13.3 Å². The number of rotatable bonds is 7. The zero-order valence-corrected chi connectivity index (χ0v) is 14.6. The molecule has 6 nitrogen and oxygen atoms in total. The quantitative estimate of drug-likeness (QED) is 0.811. The molecule has 0 aromatic heterocycles. The van der Waals surface area contributed by atoms with Gasteiger partial charge in [-0.25, -0.2) is 0 Å². The molecule has 0 saturated heterocycles. The number of nitrogens with one attached hydrogen (secondary N) is 2. The van der Waals surface area contributed by atoms with Crippen molar-refractivity contribution in [3.05, 3.63) is 53.6 Å². The van der Waals surface area contributed by atoms with E-state index in [4.69, 9.17) is 9.47 Å². The van der Waals surface area contributed by atoms with Gasteiger partial charge in [0.25, 0.3) is 5.91 Å². The number of para-hydroxylation sites is 1. The van der Waals surface area contributed by atoms with E-state index < -0.39 is 5.91 Å². The van der Waals surface area contributed by atoms with Crippen molar-refractivity contribution >= 4 is 17.5 Å². The second-order valence-electron chi connectivity index (χ2n) is 5.28. The first-order valence-corrected chi connectivity index (χ1v) is 7.97. The van der Waals surface area contributed by atoms with Crippen molar-refractivity contribution in [2.24, 2.45) is 0 Å². The lowest BCUT2D eigenvalue weighted by Gasteiger charge is -2.13. The number of methoxy groups -OCH3 is 2. The molecule has 0 radical (unpaired) electrons. The molecule has 0 heterocycles. The van der Waals surface area contributed by atoms with Crippen LogP contribution in [-0.2, 0) is 11.2 Å². The third-order valence-electron chi connectivity index (χ3n) is 3.74. The van der Waals surface area contributed by atoms with E-state index in [-0.39, 0.29) is 18.0 Å². The number of hydrogen-bond acceptors (Lipinski definition) is 4. The van der Waals surface area contributed by atoms with Gasteiger partial charge in [-0.3, -0.25) is 9.59 Å². The fourth-order valence-electron chi connectivity index (χ4n) is 2.47. The summed E-state index contributed by atoms with van der Waals surface area (Å²) in [7, 11) is 2.94. The molecule has 2 aromatic rings. The average molecular weight is 342 g/mol. The highest BCUT2D eigenvalue weighted by molar-refractivity contribution is 6.02. The van der Waals surface area contributed by atoms with Crippen LogP contribution < -0.4 is 20.1 Å². The molecular weight excluding hydrogens is 320 g/mol. The SMILES string of the molecule is CCc1ccccc1NC(=O)CNC(=O)c1c(OC)cccc1OC. The van der Waals surface area contributed by atoms with Crippen molar-refractivity contribution in [2.75, 3.05) is 26.1 Å². The van der Waals surface area contributed by atoms with E-state index in [0.717, 1.165) is 17.7 Å². The highest BCUT2D eigenvalue weighted by atomic mass is 16.5. The molecule has 2 N–H and O–H groups in total. The molecule has 2 rings (SSSR count). The summed E-state index contributed by atoms with van der Waals surface area (Å²) in [5.74, 6) is 0.0264. The summed E-state index contributed by atoms with van der Waals surface area (Å²) in [5, 5.41) is 5.40. The first-order chi connectivity index (χ1) is 12.1.